The van der Waals surface area contributed by atoms with E-state index in [1.165, 1.54) is 0 Å². The van der Waals surface area contributed by atoms with Crippen LogP contribution in [0.5, 0.6) is 0 Å². The van der Waals surface area contributed by atoms with Crippen LogP contribution in [0.2, 0.25) is 0 Å². The van der Waals surface area contributed by atoms with Gasteiger partial charge in [0.1, 0.15) is 12.2 Å². The molecule has 43 heavy (non-hydrogen) atoms. The molecule has 2 saturated heterocycles. The zero-order valence-electron chi connectivity index (χ0n) is 25.9. The third-order valence-corrected chi connectivity index (χ3v) is 13.2. The summed E-state index contributed by atoms with van der Waals surface area (Å²) in [7, 11) is 0. The van der Waals surface area contributed by atoms with Crippen LogP contribution in [-0.2, 0) is 23.7 Å². The number of hydrogen-bond acceptors (Lipinski definition) is 10. The van der Waals surface area contributed by atoms with E-state index in [4.69, 9.17) is 18.9 Å². The zero-order valence-corrected chi connectivity index (χ0v) is 25.9. The topological polar surface area (TPSA) is 175 Å². The SMILES string of the molecule is CC1O[C@H](O[C@@H]2C(C)O[C@@H](O[C@H]3CC[C@@]4(C)[C@H](CC[C@@H]5[C@@H]4C[C@@H](O)[C@]4(C)[C@@H](C(=O)O)CC[C@]54O)C3)C[C@H]2O)C[C@@H](O)[C@@H]1O. The van der Waals surface area contributed by atoms with Gasteiger partial charge in [0.25, 0.3) is 0 Å². The summed E-state index contributed by atoms with van der Waals surface area (Å²) in [6.45, 7) is 7.59. The Kier molecular flexibility index (Phi) is 8.51. The Morgan fingerprint density at radius 1 is 0.791 bits per heavy atom. The number of fused-ring (bicyclic) bond motifs is 5. The number of hydrogen-bond donors (Lipinski definition) is 6. The summed E-state index contributed by atoms with van der Waals surface area (Å²) in [5.41, 5.74) is -2.31. The van der Waals surface area contributed by atoms with Gasteiger partial charge in [-0.05, 0) is 88.4 Å². The molecule has 0 radical (unpaired) electrons. The second-order valence-corrected chi connectivity index (χ2v) is 15.2. The largest absolute Gasteiger partial charge is 0.481 e. The molecule has 0 aromatic heterocycles. The van der Waals surface area contributed by atoms with Crippen LogP contribution >= 0.6 is 0 Å². The smallest absolute Gasteiger partial charge is 0.307 e. The van der Waals surface area contributed by atoms with Gasteiger partial charge in [0, 0.05) is 18.3 Å². The molecule has 4 saturated carbocycles. The standard InChI is InChI=1S/C32H52O11/c1-15-27(36)22(33)13-26(40-15)43-28-16(2)41-25(14-23(28)34)42-18-7-9-30(3)17(11-18)5-6-19-21(30)12-24(35)31(4)20(29(37)38)8-10-32(19,31)39/h15-28,33-36,39H,5-14H2,1-4H3,(H,37,38)/t15?,16?,17-,18+,19-,20-,21+,22-,23-,24-,25+,26-,27-,28-,30+,31+,32+/m1/s1. The lowest BCUT2D eigenvalue weighted by Crippen LogP contribution is -2.67. The molecule has 6 N–H and O–H groups in total. The second-order valence-electron chi connectivity index (χ2n) is 15.2. The van der Waals surface area contributed by atoms with Gasteiger partial charge in [-0.3, -0.25) is 4.79 Å². The van der Waals surface area contributed by atoms with Gasteiger partial charge in [-0.1, -0.05) is 13.8 Å². The fraction of sp³-hybridized carbons (Fsp3) is 0.969. The third-order valence-electron chi connectivity index (χ3n) is 13.2. The van der Waals surface area contributed by atoms with Crippen molar-refractivity contribution in [3.8, 4) is 0 Å². The van der Waals surface area contributed by atoms with Crippen molar-refractivity contribution in [3.05, 3.63) is 0 Å². The van der Waals surface area contributed by atoms with Gasteiger partial charge in [-0.15, -0.1) is 0 Å². The van der Waals surface area contributed by atoms with Crippen LogP contribution in [0, 0.1) is 34.5 Å². The number of carboxylic acid groups (broad SMARTS) is 1. The lowest BCUT2D eigenvalue weighted by atomic mass is 9.42. The molecule has 6 rings (SSSR count). The molecule has 2 unspecified atom stereocenters. The molecule has 2 heterocycles. The molecular formula is C32H52O11. The second kappa shape index (κ2) is 11.4. The van der Waals surface area contributed by atoms with Crippen LogP contribution in [0.4, 0.5) is 0 Å². The van der Waals surface area contributed by atoms with E-state index in [1.54, 1.807) is 13.8 Å². The molecular weight excluding hydrogens is 560 g/mol. The van der Waals surface area contributed by atoms with E-state index >= 15 is 0 Å². The Balaban J connectivity index is 1.07. The first-order chi connectivity index (χ1) is 20.2. The summed E-state index contributed by atoms with van der Waals surface area (Å²) in [5, 5.41) is 64.5. The Labute approximate surface area is 253 Å². The average molecular weight is 613 g/mol. The molecule has 4 aliphatic carbocycles. The highest BCUT2D eigenvalue weighted by atomic mass is 16.7. The van der Waals surface area contributed by atoms with Crippen molar-refractivity contribution in [2.45, 2.75) is 159 Å². The van der Waals surface area contributed by atoms with Crippen LogP contribution in [0.3, 0.4) is 0 Å². The van der Waals surface area contributed by atoms with E-state index in [-0.39, 0.29) is 36.2 Å². The van der Waals surface area contributed by atoms with Gasteiger partial charge < -0.3 is 49.6 Å². The van der Waals surface area contributed by atoms with Crippen molar-refractivity contribution in [2.24, 2.45) is 34.5 Å². The van der Waals surface area contributed by atoms with Crippen molar-refractivity contribution in [2.75, 3.05) is 0 Å². The predicted octanol–water partition coefficient (Wildman–Crippen LogP) is 1.94. The molecule has 6 fully saturated rings. The van der Waals surface area contributed by atoms with Gasteiger partial charge in [-0.25, -0.2) is 0 Å². The first kappa shape index (κ1) is 32.1. The highest BCUT2D eigenvalue weighted by Crippen LogP contribution is 2.69. The number of aliphatic hydroxyl groups excluding tert-OH is 4. The zero-order chi connectivity index (χ0) is 31.1. The Morgan fingerprint density at radius 2 is 1.47 bits per heavy atom. The summed E-state index contributed by atoms with van der Waals surface area (Å²) in [4.78, 5) is 12.1. The van der Waals surface area contributed by atoms with Crippen molar-refractivity contribution >= 4 is 5.97 Å². The summed E-state index contributed by atoms with van der Waals surface area (Å²) in [6, 6.07) is 0. The number of ether oxygens (including phenoxy) is 4. The normalized spacial score (nSPS) is 57.0. The molecule has 6 aliphatic rings. The quantitative estimate of drug-likeness (QED) is 0.250. The molecule has 11 nitrogen and oxygen atoms in total. The fourth-order valence-corrected chi connectivity index (χ4v) is 10.5. The third kappa shape index (κ3) is 5.09. The van der Waals surface area contributed by atoms with Crippen LogP contribution in [-0.4, -0.2) is 104 Å². The molecule has 0 spiro atoms. The molecule has 0 bridgehead atoms. The molecule has 2 aliphatic heterocycles. The number of rotatable bonds is 5. The lowest BCUT2D eigenvalue weighted by Gasteiger charge is -2.64. The van der Waals surface area contributed by atoms with Gasteiger partial charge in [-0.2, -0.15) is 0 Å². The van der Waals surface area contributed by atoms with E-state index < -0.39 is 78.2 Å². The van der Waals surface area contributed by atoms with Gasteiger partial charge in [0.05, 0.1) is 48.1 Å². The number of carbonyl (C=O) groups is 1. The molecule has 17 atom stereocenters. The predicted molar refractivity (Wildman–Crippen MR) is 151 cm³/mol. The maximum Gasteiger partial charge on any atom is 0.307 e. The Hall–Kier alpha value is -0.890. The minimum atomic E-state index is -1.18. The Bertz CT molecular complexity index is 1020. The van der Waals surface area contributed by atoms with Crippen molar-refractivity contribution in [3.63, 3.8) is 0 Å². The average Bonchev–Trinajstić information content (AvgIpc) is 3.23. The summed E-state index contributed by atoms with van der Waals surface area (Å²) in [6.07, 6.45) is -0.801. The first-order valence-electron chi connectivity index (χ1n) is 16.5. The molecule has 11 heteroatoms. The van der Waals surface area contributed by atoms with Crippen molar-refractivity contribution < 1.29 is 54.4 Å². The fourth-order valence-electron chi connectivity index (χ4n) is 10.5. The van der Waals surface area contributed by atoms with E-state index in [1.807, 2.05) is 6.92 Å². The van der Waals surface area contributed by atoms with Crippen LogP contribution in [0.25, 0.3) is 0 Å². The van der Waals surface area contributed by atoms with Gasteiger partial charge in [0.15, 0.2) is 12.6 Å². The molecule has 0 aromatic carbocycles. The molecule has 246 valence electrons. The monoisotopic (exact) mass is 612 g/mol. The number of aliphatic carboxylic acids is 1. The van der Waals surface area contributed by atoms with Crippen molar-refractivity contribution in [1.82, 2.24) is 0 Å². The summed E-state index contributed by atoms with van der Waals surface area (Å²) < 4.78 is 24.3. The highest BCUT2D eigenvalue weighted by Gasteiger charge is 2.71. The van der Waals surface area contributed by atoms with Gasteiger partial charge >= 0.3 is 5.97 Å². The van der Waals surface area contributed by atoms with Crippen LogP contribution < -0.4 is 0 Å². The van der Waals surface area contributed by atoms with E-state index in [2.05, 4.69) is 6.92 Å². The van der Waals surface area contributed by atoms with Crippen LogP contribution in [0.1, 0.15) is 91.9 Å². The van der Waals surface area contributed by atoms with Crippen molar-refractivity contribution in [1.29, 1.82) is 0 Å². The highest BCUT2D eigenvalue weighted by molar-refractivity contribution is 5.72. The number of carboxylic acids is 1. The minimum Gasteiger partial charge on any atom is -0.481 e. The summed E-state index contributed by atoms with van der Waals surface area (Å²) >= 11 is 0. The maximum atomic E-state index is 12.1. The minimum absolute atomic E-state index is 0.0286. The van der Waals surface area contributed by atoms with Crippen LogP contribution in [0.15, 0.2) is 0 Å². The first-order valence-corrected chi connectivity index (χ1v) is 16.5. The van der Waals surface area contributed by atoms with E-state index in [0.717, 1.165) is 32.1 Å². The summed E-state index contributed by atoms with van der Waals surface area (Å²) in [5.74, 6) is -1.23. The number of aliphatic hydroxyl groups is 5. The van der Waals surface area contributed by atoms with Gasteiger partial charge in [0.2, 0.25) is 0 Å². The van der Waals surface area contributed by atoms with E-state index in [0.29, 0.717) is 25.2 Å². The molecule has 0 amide bonds. The van der Waals surface area contributed by atoms with E-state index in [9.17, 15) is 35.4 Å². The Morgan fingerprint density at radius 3 is 2.14 bits per heavy atom. The lowest BCUT2D eigenvalue weighted by molar-refractivity contribution is -0.318. The maximum absolute atomic E-state index is 12.1. The molecule has 0 aromatic rings.